The van der Waals surface area contributed by atoms with Crippen molar-refractivity contribution in [3.8, 4) is 0 Å². The number of hydrogen-bond donors (Lipinski definition) is 0. The van der Waals surface area contributed by atoms with Crippen molar-refractivity contribution in [3.63, 3.8) is 0 Å². The van der Waals surface area contributed by atoms with Gasteiger partial charge in [-0.05, 0) is 73.7 Å². The first-order chi connectivity index (χ1) is 22.0. The predicted molar refractivity (Wildman–Crippen MR) is 192 cm³/mol. The second-order valence-corrected chi connectivity index (χ2v) is 15.1. The van der Waals surface area contributed by atoms with Crippen molar-refractivity contribution in [2.45, 2.75) is 56.3 Å². The van der Waals surface area contributed by atoms with E-state index in [1.807, 2.05) is 30.4 Å². The summed E-state index contributed by atoms with van der Waals surface area (Å²) in [6.07, 6.45) is 13.5. The maximum absolute atomic E-state index is 14.4. The number of anilines is 1. The Hall–Kier alpha value is -4.48. The minimum atomic E-state index is -3.78. The molecule has 234 valence electrons. The molecule has 2 heterocycles. The Kier molecular flexibility index (Phi) is 8.24. The van der Waals surface area contributed by atoms with Crippen molar-refractivity contribution in [1.29, 1.82) is 0 Å². The third-order valence-electron chi connectivity index (χ3n) is 9.68. The molecule has 0 aromatic heterocycles. The van der Waals surface area contributed by atoms with Crippen molar-refractivity contribution >= 4 is 26.9 Å². The van der Waals surface area contributed by atoms with Crippen molar-refractivity contribution in [2.24, 2.45) is 0 Å². The number of sulfone groups is 1. The van der Waals surface area contributed by atoms with Gasteiger partial charge in [0.1, 0.15) is 0 Å². The number of para-hydroxylation sites is 2. The SMILES string of the molecule is C=CCN1/C(=C/C=C2\CCC(/C=C/C3=[N+](CC=C)c4ccccc4C3(C)C)=C2S(=O)(=O)c2ccccc2)C(C)(C)c2ccccc21. The maximum atomic E-state index is 14.4. The number of nitrogens with zero attached hydrogens (tertiary/aromatic N) is 2. The van der Waals surface area contributed by atoms with Gasteiger partial charge in [-0.3, -0.25) is 0 Å². The molecule has 0 atom stereocenters. The molecule has 0 N–H and O–H groups in total. The van der Waals surface area contributed by atoms with Crippen LogP contribution in [0.15, 0.2) is 155 Å². The van der Waals surface area contributed by atoms with Crippen molar-refractivity contribution in [3.05, 3.63) is 161 Å². The van der Waals surface area contributed by atoms with Gasteiger partial charge in [-0.2, -0.15) is 4.58 Å². The highest BCUT2D eigenvalue weighted by Crippen LogP contribution is 2.48. The molecule has 3 aromatic carbocycles. The minimum absolute atomic E-state index is 0.242. The molecule has 0 unspecified atom stereocenters. The van der Waals surface area contributed by atoms with Crippen LogP contribution in [0.2, 0.25) is 0 Å². The van der Waals surface area contributed by atoms with Crippen LogP contribution in [0.3, 0.4) is 0 Å². The first kappa shape index (κ1) is 31.5. The summed E-state index contributed by atoms with van der Waals surface area (Å²) in [5.41, 5.74) is 8.29. The van der Waals surface area contributed by atoms with E-state index >= 15 is 0 Å². The zero-order chi connectivity index (χ0) is 32.7. The van der Waals surface area contributed by atoms with Crippen LogP contribution in [-0.2, 0) is 20.7 Å². The molecule has 4 nitrogen and oxygen atoms in total. The molecule has 5 heteroatoms. The van der Waals surface area contributed by atoms with Crippen molar-refractivity contribution in [2.75, 3.05) is 18.0 Å². The van der Waals surface area contributed by atoms with Gasteiger partial charge in [-0.1, -0.05) is 93.3 Å². The summed E-state index contributed by atoms with van der Waals surface area (Å²) >= 11 is 0. The molecule has 2 aliphatic heterocycles. The van der Waals surface area contributed by atoms with Gasteiger partial charge in [0, 0.05) is 41.1 Å². The Morgan fingerprint density at radius 3 is 2.17 bits per heavy atom. The Morgan fingerprint density at radius 1 is 0.783 bits per heavy atom. The van der Waals surface area contributed by atoms with E-state index in [0.29, 0.717) is 35.7 Å². The molecule has 1 aliphatic carbocycles. The van der Waals surface area contributed by atoms with Gasteiger partial charge in [-0.15, -0.1) is 6.58 Å². The van der Waals surface area contributed by atoms with Crippen LogP contribution in [0.5, 0.6) is 0 Å². The lowest BCUT2D eigenvalue weighted by molar-refractivity contribution is -0.425. The fourth-order valence-electron chi connectivity index (χ4n) is 7.38. The number of allylic oxidation sites excluding steroid dienone is 7. The molecule has 0 amide bonds. The van der Waals surface area contributed by atoms with Gasteiger partial charge < -0.3 is 4.90 Å². The van der Waals surface area contributed by atoms with Crippen LogP contribution in [-0.4, -0.2) is 31.8 Å². The highest BCUT2D eigenvalue weighted by Gasteiger charge is 2.44. The van der Waals surface area contributed by atoms with E-state index in [9.17, 15) is 8.42 Å². The minimum Gasteiger partial charge on any atom is -0.340 e. The molecule has 0 radical (unpaired) electrons. The van der Waals surface area contributed by atoms with E-state index in [-0.39, 0.29) is 10.8 Å². The van der Waals surface area contributed by atoms with E-state index in [1.54, 1.807) is 24.3 Å². The summed E-state index contributed by atoms with van der Waals surface area (Å²) in [5, 5.41) is 0. The average molecular weight is 628 g/mol. The molecule has 6 rings (SSSR count). The Bertz CT molecular complexity index is 1990. The second-order valence-electron chi connectivity index (χ2n) is 13.2. The summed E-state index contributed by atoms with van der Waals surface area (Å²) in [6.45, 7) is 18.3. The lowest BCUT2D eigenvalue weighted by Crippen LogP contribution is -2.27. The van der Waals surface area contributed by atoms with Gasteiger partial charge in [-0.25, -0.2) is 8.42 Å². The number of fused-ring (bicyclic) bond motifs is 2. The van der Waals surface area contributed by atoms with Crippen LogP contribution in [0.1, 0.15) is 51.7 Å². The van der Waals surface area contributed by atoms with Gasteiger partial charge in [0.05, 0.1) is 15.2 Å². The standard InChI is InChI=1S/C41H43N2O2S/c1-7-28-42-35-20-14-12-18-33(35)40(3,4)37(42)26-24-30-22-23-31(39(30)46(44,45)32-16-10-9-11-17-32)25-27-38-41(5,6)34-19-13-15-21-36(34)43(38)29-8-2/h7-21,24-27H,1-2,22-23,28-29H2,3-6H3/q+1. The molecular formula is C41H43N2O2S+. The molecule has 0 fully saturated rings. The van der Waals surface area contributed by atoms with Gasteiger partial charge in [0.2, 0.25) is 15.5 Å². The van der Waals surface area contributed by atoms with E-state index in [1.165, 1.54) is 22.5 Å². The van der Waals surface area contributed by atoms with Crippen LogP contribution >= 0.6 is 0 Å². The fourth-order valence-corrected chi connectivity index (χ4v) is 9.16. The zero-order valence-electron chi connectivity index (χ0n) is 27.3. The highest BCUT2D eigenvalue weighted by molar-refractivity contribution is 7.95. The topological polar surface area (TPSA) is 40.4 Å². The lowest BCUT2D eigenvalue weighted by Gasteiger charge is -2.26. The van der Waals surface area contributed by atoms with E-state index in [0.717, 1.165) is 22.6 Å². The molecular weight excluding hydrogens is 585 g/mol. The summed E-state index contributed by atoms with van der Waals surface area (Å²) in [6, 6.07) is 25.7. The van der Waals surface area contributed by atoms with Crippen molar-refractivity contribution in [1.82, 2.24) is 0 Å². The van der Waals surface area contributed by atoms with Crippen LogP contribution in [0.4, 0.5) is 11.4 Å². The second kappa shape index (κ2) is 12.0. The first-order valence-electron chi connectivity index (χ1n) is 16.0. The molecule has 0 spiro atoms. The third kappa shape index (κ3) is 5.17. The molecule has 0 saturated carbocycles. The quantitative estimate of drug-likeness (QED) is 0.176. The highest BCUT2D eigenvalue weighted by atomic mass is 32.2. The lowest BCUT2D eigenvalue weighted by atomic mass is 9.81. The number of hydrogen-bond acceptors (Lipinski definition) is 3. The molecule has 3 aromatic rings. The molecule has 46 heavy (non-hydrogen) atoms. The van der Waals surface area contributed by atoms with E-state index in [4.69, 9.17) is 0 Å². The Balaban J connectivity index is 1.49. The predicted octanol–water partition coefficient (Wildman–Crippen LogP) is 9.12. The average Bonchev–Trinajstić information content (AvgIpc) is 3.63. The number of benzene rings is 3. The van der Waals surface area contributed by atoms with Crippen LogP contribution in [0.25, 0.3) is 0 Å². The molecule has 3 aliphatic rings. The zero-order valence-corrected chi connectivity index (χ0v) is 28.1. The normalized spacial score (nSPS) is 20.2. The number of rotatable bonds is 9. The monoisotopic (exact) mass is 627 g/mol. The van der Waals surface area contributed by atoms with Crippen LogP contribution in [0, 0.1) is 0 Å². The Morgan fingerprint density at radius 2 is 1.46 bits per heavy atom. The van der Waals surface area contributed by atoms with Gasteiger partial charge in [0.25, 0.3) is 0 Å². The maximum Gasteiger partial charge on any atom is 0.210 e. The Labute approximate surface area is 274 Å². The van der Waals surface area contributed by atoms with Crippen molar-refractivity contribution < 1.29 is 13.0 Å². The molecule has 0 bridgehead atoms. The van der Waals surface area contributed by atoms with Gasteiger partial charge >= 0.3 is 0 Å². The first-order valence-corrected chi connectivity index (χ1v) is 17.5. The van der Waals surface area contributed by atoms with E-state index in [2.05, 4.69) is 111 Å². The smallest absolute Gasteiger partial charge is 0.210 e. The third-order valence-corrected chi connectivity index (χ3v) is 11.6. The van der Waals surface area contributed by atoms with E-state index < -0.39 is 9.84 Å². The fraction of sp³-hybridized carbons (Fsp3) is 0.244. The largest absolute Gasteiger partial charge is 0.340 e. The summed E-state index contributed by atoms with van der Waals surface area (Å²) in [5.74, 6) is 0. The van der Waals surface area contributed by atoms with Gasteiger partial charge in [0.15, 0.2) is 12.3 Å². The van der Waals surface area contributed by atoms with Crippen LogP contribution < -0.4 is 4.90 Å². The summed E-state index contributed by atoms with van der Waals surface area (Å²) in [7, 11) is -3.78. The summed E-state index contributed by atoms with van der Waals surface area (Å²) < 4.78 is 31.1. The molecule has 0 saturated heterocycles. The summed E-state index contributed by atoms with van der Waals surface area (Å²) in [4.78, 5) is 3.02.